The highest BCUT2D eigenvalue weighted by Gasteiger charge is 1.92. The molecule has 0 rings (SSSR count). The molecular weight excluding hydrogens is 156 g/mol. The molecular formula is C9H14O3. The number of carboxylic acid groups (broad SMARTS) is 1. The van der Waals surface area contributed by atoms with Crippen LogP contribution in [0.4, 0.5) is 0 Å². The first-order chi connectivity index (χ1) is 5.54. The van der Waals surface area contributed by atoms with Crippen LogP contribution in [0.15, 0.2) is 12.7 Å². The SMILES string of the molecule is C#CC(O)CCC=C.CC(=O)O. The Bertz CT molecular complexity index is 163. The van der Waals surface area contributed by atoms with Crippen LogP contribution in [0.1, 0.15) is 19.8 Å². The molecule has 0 saturated heterocycles. The van der Waals surface area contributed by atoms with Gasteiger partial charge in [-0.2, -0.15) is 0 Å². The fourth-order valence-electron chi connectivity index (χ4n) is 0.359. The van der Waals surface area contributed by atoms with Crippen LogP contribution in [0.5, 0.6) is 0 Å². The van der Waals surface area contributed by atoms with Crippen molar-refractivity contribution in [2.45, 2.75) is 25.9 Å². The van der Waals surface area contributed by atoms with Gasteiger partial charge in [-0.1, -0.05) is 12.0 Å². The Morgan fingerprint density at radius 3 is 2.50 bits per heavy atom. The van der Waals surface area contributed by atoms with Crippen LogP contribution in [0.3, 0.4) is 0 Å². The Morgan fingerprint density at radius 1 is 1.83 bits per heavy atom. The number of carbonyl (C=O) groups is 1. The lowest BCUT2D eigenvalue weighted by molar-refractivity contribution is -0.134. The Labute approximate surface area is 72.7 Å². The maximum absolute atomic E-state index is 9.00. The summed E-state index contributed by atoms with van der Waals surface area (Å²) in [5, 5.41) is 16.1. The van der Waals surface area contributed by atoms with Gasteiger partial charge in [0.15, 0.2) is 0 Å². The second-order valence-corrected chi connectivity index (χ2v) is 2.07. The molecule has 0 bridgehead atoms. The van der Waals surface area contributed by atoms with Crippen molar-refractivity contribution in [3.63, 3.8) is 0 Å². The van der Waals surface area contributed by atoms with E-state index in [4.69, 9.17) is 21.4 Å². The summed E-state index contributed by atoms with van der Waals surface area (Å²) in [6, 6.07) is 0. The summed E-state index contributed by atoms with van der Waals surface area (Å²) in [6.07, 6.45) is 7.43. The highest BCUT2D eigenvalue weighted by molar-refractivity contribution is 5.62. The third-order valence-corrected chi connectivity index (χ3v) is 0.837. The minimum absolute atomic E-state index is 0.590. The molecule has 68 valence electrons. The topological polar surface area (TPSA) is 57.5 Å². The third kappa shape index (κ3) is 23.3. The molecule has 2 N–H and O–H groups in total. The van der Waals surface area contributed by atoms with E-state index in [9.17, 15) is 0 Å². The van der Waals surface area contributed by atoms with Gasteiger partial charge >= 0.3 is 0 Å². The van der Waals surface area contributed by atoms with Crippen molar-refractivity contribution in [3.8, 4) is 12.3 Å². The van der Waals surface area contributed by atoms with Crippen LogP contribution in [0.25, 0.3) is 0 Å². The maximum Gasteiger partial charge on any atom is 0.300 e. The largest absolute Gasteiger partial charge is 0.481 e. The van der Waals surface area contributed by atoms with Gasteiger partial charge in [0.1, 0.15) is 6.10 Å². The summed E-state index contributed by atoms with van der Waals surface area (Å²) in [7, 11) is 0. The quantitative estimate of drug-likeness (QED) is 0.491. The van der Waals surface area contributed by atoms with Crippen LogP contribution in [-0.2, 0) is 4.79 Å². The molecule has 1 unspecified atom stereocenters. The number of terminal acetylenes is 1. The van der Waals surface area contributed by atoms with Gasteiger partial charge in [-0.15, -0.1) is 13.0 Å². The molecule has 0 fully saturated rings. The molecule has 0 aliphatic rings. The van der Waals surface area contributed by atoms with Crippen molar-refractivity contribution >= 4 is 5.97 Å². The first kappa shape index (κ1) is 13.3. The lowest BCUT2D eigenvalue weighted by Gasteiger charge is -1.96. The molecule has 0 amide bonds. The number of aliphatic hydroxyl groups is 1. The zero-order valence-electron chi connectivity index (χ0n) is 7.16. The smallest absolute Gasteiger partial charge is 0.300 e. The monoisotopic (exact) mass is 170 g/mol. The molecule has 0 spiro atoms. The molecule has 0 heterocycles. The Morgan fingerprint density at radius 2 is 2.25 bits per heavy atom. The second-order valence-electron chi connectivity index (χ2n) is 2.07. The Kier molecular flexibility index (Phi) is 10.8. The molecule has 3 nitrogen and oxygen atoms in total. The van der Waals surface area contributed by atoms with Crippen molar-refractivity contribution in [1.29, 1.82) is 0 Å². The van der Waals surface area contributed by atoms with Crippen molar-refractivity contribution in [1.82, 2.24) is 0 Å². The predicted octanol–water partition coefficient (Wildman–Crippen LogP) is 1.04. The van der Waals surface area contributed by atoms with Gasteiger partial charge in [-0.3, -0.25) is 4.79 Å². The number of rotatable bonds is 3. The van der Waals surface area contributed by atoms with Crippen molar-refractivity contribution < 1.29 is 15.0 Å². The number of carboxylic acids is 1. The lowest BCUT2D eigenvalue weighted by atomic mass is 10.2. The van der Waals surface area contributed by atoms with Gasteiger partial charge in [0.25, 0.3) is 5.97 Å². The van der Waals surface area contributed by atoms with E-state index in [1.54, 1.807) is 6.08 Å². The van der Waals surface area contributed by atoms with Gasteiger partial charge in [-0.05, 0) is 12.8 Å². The predicted molar refractivity (Wildman–Crippen MR) is 47.6 cm³/mol. The number of aliphatic carboxylic acids is 1. The average Bonchev–Trinajstić information content (AvgIpc) is 1.99. The van der Waals surface area contributed by atoms with E-state index in [-0.39, 0.29) is 0 Å². The fourth-order valence-corrected chi connectivity index (χ4v) is 0.359. The Hall–Kier alpha value is -1.27. The summed E-state index contributed by atoms with van der Waals surface area (Å²) in [5.41, 5.74) is 0. The lowest BCUT2D eigenvalue weighted by Crippen LogP contribution is -1.99. The standard InChI is InChI=1S/C7H10O.C2H4O2/c1-3-5-6-7(8)4-2;1-2(3)4/h2-3,7-8H,1,5-6H2;1H3,(H,3,4). The molecule has 0 aromatic rings. The van der Waals surface area contributed by atoms with E-state index in [2.05, 4.69) is 12.5 Å². The van der Waals surface area contributed by atoms with Crippen LogP contribution < -0.4 is 0 Å². The number of hydrogen-bond donors (Lipinski definition) is 2. The van der Waals surface area contributed by atoms with Crippen LogP contribution in [-0.4, -0.2) is 22.3 Å². The van der Waals surface area contributed by atoms with Gasteiger partial charge < -0.3 is 10.2 Å². The molecule has 0 aromatic carbocycles. The molecule has 1 atom stereocenters. The molecule has 0 aliphatic carbocycles. The zero-order chi connectivity index (χ0) is 9.98. The third-order valence-electron chi connectivity index (χ3n) is 0.837. The maximum atomic E-state index is 9.00. The normalized spacial score (nSPS) is 10.1. The van der Waals surface area contributed by atoms with Crippen LogP contribution >= 0.6 is 0 Å². The van der Waals surface area contributed by atoms with Crippen molar-refractivity contribution in [3.05, 3.63) is 12.7 Å². The van der Waals surface area contributed by atoms with E-state index >= 15 is 0 Å². The highest BCUT2D eigenvalue weighted by Crippen LogP contribution is 1.94. The second kappa shape index (κ2) is 9.73. The fraction of sp³-hybridized carbons (Fsp3) is 0.444. The Balaban J connectivity index is 0. The minimum Gasteiger partial charge on any atom is -0.481 e. The highest BCUT2D eigenvalue weighted by atomic mass is 16.4. The first-order valence-electron chi connectivity index (χ1n) is 3.49. The molecule has 3 heteroatoms. The summed E-state index contributed by atoms with van der Waals surface area (Å²) in [6.45, 7) is 4.57. The number of allylic oxidation sites excluding steroid dienone is 1. The molecule has 0 aliphatic heterocycles. The average molecular weight is 170 g/mol. The van der Waals surface area contributed by atoms with Gasteiger partial charge in [0.2, 0.25) is 0 Å². The van der Waals surface area contributed by atoms with E-state index in [1.807, 2.05) is 0 Å². The molecule has 0 aromatic heterocycles. The first-order valence-corrected chi connectivity index (χ1v) is 3.49. The van der Waals surface area contributed by atoms with E-state index in [0.29, 0.717) is 6.42 Å². The minimum atomic E-state index is -0.833. The van der Waals surface area contributed by atoms with Crippen LogP contribution in [0.2, 0.25) is 0 Å². The van der Waals surface area contributed by atoms with E-state index in [0.717, 1.165) is 13.3 Å². The molecule has 12 heavy (non-hydrogen) atoms. The van der Waals surface area contributed by atoms with Crippen molar-refractivity contribution in [2.75, 3.05) is 0 Å². The van der Waals surface area contributed by atoms with Gasteiger partial charge in [0, 0.05) is 6.92 Å². The van der Waals surface area contributed by atoms with Gasteiger partial charge in [-0.25, -0.2) is 0 Å². The van der Waals surface area contributed by atoms with Gasteiger partial charge in [0.05, 0.1) is 0 Å². The zero-order valence-corrected chi connectivity index (χ0v) is 7.16. The summed E-state index contributed by atoms with van der Waals surface area (Å²) in [4.78, 5) is 9.00. The van der Waals surface area contributed by atoms with E-state index < -0.39 is 12.1 Å². The van der Waals surface area contributed by atoms with Crippen molar-refractivity contribution in [2.24, 2.45) is 0 Å². The summed E-state index contributed by atoms with van der Waals surface area (Å²) in [5.74, 6) is 1.37. The summed E-state index contributed by atoms with van der Waals surface area (Å²) < 4.78 is 0. The molecule has 0 saturated carbocycles. The molecule has 0 radical (unpaired) electrons. The van der Waals surface area contributed by atoms with E-state index in [1.165, 1.54) is 0 Å². The number of hydrogen-bond acceptors (Lipinski definition) is 2. The number of aliphatic hydroxyl groups excluding tert-OH is 1. The summed E-state index contributed by atoms with van der Waals surface area (Å²) >= 11 is 0. The van der Waals surface area contributed by atoms with Crippen LogP contribution in [0, 0.1) is 12.3 Å².